The molecule has 0 atom stereocenters. The number of ether oxygens (including phenoxy) is 1. The minimum atomic E-state index is -2.27. The van der Waals surface area contributed by atoms with E-state index in [1.165, 1.54) is 6.07 Å². The topological polar surface area (TPSA) is 76.8 Å². The summed E-state index contributed by atoms with van der Waals surface area (Å²) in [6, 6.07) is 4.97. The molecule has 7 nitrogen and oxygen atoms in total. The van der Waals surface area contributed by atoms with E-state index in [0.29, 0.717) is 43.7 Å². The fraction of sp³-hybridized carbons (Fsp3) is 0.643. The highest BCUT2D eigenvalue weighted by Crippen LogP contribution is 2.46. The maximum atomic E-state index is 14.0. The number of carbonyl (C=O) groups is 1. The lowest BCUT2D eigenvalue weighted by molar-refractivity contribution is -0.0342. The van der Waals surface area contributed by atoms with E-state index < -0.39 is 19.5 Å². The molecular weight excluding hydrogens is 489 g/mol. The smallest absolute Gasteiger partial charge is 0.410 e. The summed E-state index contributed by atoms with van der Waals surface area (Å²) in [5.74, 6) is 0.484. The number of likely N-dealkylation sites (tertiary alicyclic amines) is 1. The summed E-state index contributed by atoms with van der Waals surface area (Å²) in [6.07, 6.45) is 2.70. The Hall–Kier alpha value is -2.23. The number of piperidine rings is 1. The molecule has 1 aromatic heterocycles. The summed E-state index contributed by atoms with van der Waals surface area (Å²) < 4.78 is 28.7. The fourth-order valence-corrected chi connectivity index (χ4v) is 5.97. The van der Waals surface area contributed by atoms with Crippen molar-refractivity contribution < 1.29 is 23.5 Å². The summed E-state index contributed by atoms with van der Waals surface area (Å²) in [4.78, 5) is 19.6. The van der Waals surface area contributed by atoms with Crippen LogP contribution in [0.25, 0.3) is 11.3 Å². The summed E-state index contributed by atoms with van der Waals surface area (Å²) in [7, 11) is -2.27. The number of carbonyl (C=O) groups excluding carboxylic acids is 1. The third kappa shape index (κ3) is 6.62. The first-order valence-corrected chi connectivity index (χ1v) is 16.0. The second kappa shape index (κ2) is 10.5. The van der Waals surface area contributed by atoms with E-state index in [-0.39, 0.29) is 23.6 Å². The summed E-state index contributed by atoms with van der Waals surface area (Å²) in [5, 5.41) is 9.84. The number of hydrogen-bond donors (Lipinski definition) is 1. The lowest BCUT2D eigenvalue weighted by Crippen LogP contribution is -2.54. The van der Waals surface area contributed by atoms with Crippen LogP contribution in [0.3, 0.4) is 0 Å². The van der Waals surface area contributed by atoms with Crippen molar-refractivity contribution in [2.75, 3.05) is 19.7 Å². The molecule has 1 amide bonds. The molecule has 3 rings (SSSR count). The molecule has 1 N–H and O–H groups in total. The van der Waals surface area contributed by atoms with Crippen LogP contribution in [0.15, 0.2) is 24.4 Å². The molecule has 0 radical (unpaired) electrons. The molecule has 1 aliphatic heterocycles. The maximum absolute atomic E-state index is 14.0. The first-order chi connectivity index (χ1) is 17.0. The number of benzene rings is 1. The maximum Gasteiger partial charge on any atom is 0.410 e. The van der Waals surface area contributed by atoms with Gasteiger partial charge in [-0.3, -0.25) is 0 Å². The largest absolute Gasteiger partial charge is 0.444 e. The van der Waals surface area contributed by atoms with Crippen molar-refractivity contribution in [3.63, 3.8) is 0 Å². The second-order valence-corrected chi connectivity index (χ2v) is 17.4. The van der Waals surface area contributed by atoms with Gasteiger partial charge in [-0.1, -0.05) is 20.8 Å². The third-order valence-corrected chi connectivity index (χ3v) is 12.0. The van der Waals surface area contributed by atoms with Gasteiger partial charge in [0.05, 0.1) is 12.3 Å². The molecule has 1 saturated heterocycles. The Kier molecular flexibility index (Phi) is 8.32. The molecule has 0 aliphatic carbocycles. The standard InChI is InChI=1S/C28H44FN3O4Si/c1-20-18-21(10-11-22(20)29)23-19-32(16-17-33)24(30-23)28(36-37(8,9)27(5,6)7)12-14-31(15-13-28)25(34)35-26(2,3)4/h10-11,18-19,33H,12-17H2,1-9H3. The Balaban J connectivity index is 2.05. The SMILES string of the molecule is Cc1cc(-c2cn(CCO)c(C3(O[Si](C)(C)C(C)(C)C)CCN(C(=O)OC(C)(C)C)CC3)n2)ccc1F. The molecular formula is C28H44FN3O4Si. The molecule has 206 valence electrons. The van der Waals surface area contributed by atoms with E-state index in [0.717, 1.165) is 11.4 Å². The number of halogens is 1. The molecule has 0 spiro atoms. The number of aromatic nitrogens is 2. The molecule has 1 aromatic carbocycles. The van der Waals surface area contributed by atoms with Gasteiger partial charge in [-0.2, -0.15) is 0 Å². The summed E-state index contributed by atoms with van der Waals surface area (Å²) in [6.45, 7) is 19.6. The molecule has 1 aliphatic rings. The van der Waals surface area contributed by atoms with Crippen LogP contribution in [0.4, 0.5) is 9.18 Å². The van der Waals surface area contributed by atoms with Crippen molar-refractivity contribution in [2.45, 2.75) is 97.2 Å². The van der Waals surface area contributed by atoms with Crippen LogP contribution in [0.5, 0.6) is 0 Å². The number of aryl methyl sites for hydroxylation is 1. The number of aliphatic hydroxyl groups is 1. The van der Waals surface area contributed by atoms with Crippen molar-refractivity contribution in [1.82, 2.24) is 14.5 Å². The zero-order valence-electron chi connectivity index (χ0n) is 23.9. The van der Waals surface area contributed by atoms with Crippen LogP contribution in [0, 0.1) is 12.7 Å². The highest BCUT2D eigenvalue weighted by Gasteiger charge is 2.50. The Labute approximate surface area is 222 Å². The predicted molar refractivity (Wildman–Crippen MR) is 146 cm³/mol. The first-order valence-electron chi connectivity index (χ1n) is 13.1. The average molecular weight is 534 g/mol. The molecule has 37 heavy (non-hydrogen) atoms. The monoisotopic (exact) mass is 533 g/mol. The van der Waals surface area contributed by atoms with Gasteiger partial charge >= 0.3 is 6.09 Å². The van der Waals surface area contributed by atoms with E-state index in [2.05, 4.69) is 33.9 Å². The zero-order chi connectivity index (χ0) is 27.8. The number of aliphatic hydroxyl groups excluding tert-OH is 1. The predicted octanol–water partition coefficient (Wildman–Crippen LogP) is 6.24. The number of nitrogens with zero attached hydrogens (tertiary/aromatic N) is 3. The van der Waals surface area contributed by atoms with E-state index in [4.69, 9.17) is 14.1 Å². The minimum absolute atomic E-state index is 0.0341. The van der Waals surface area contributed by atoms with Gasteiger partial charge in [0.2, 0.25) is 0 Å². The van der Waals surface area contributed by atoms with Gasteiger partial charge in [-0.25, -0.2) is 14.2 Å². The Morgan fingerprint density at radius 2 is 1.78 bits per heavy atom. The molecule has 0 saturated carbocycles. The lowest BCUT2D eigenvalue weighted by Gasteiger charge is -2.48. The van der Waals surface area contributed by atoms with Crippen LogP contribution < -0.4 is 0 Å². The van der Waals surface area contributed by atoms with Crippen molar-refractivity contribution in [3.05, 3.63) is 41.6 Å². The van der Waals surface area contributed by atoms with Crippen molar-refractivity contribution in [2.24, 2.45) is 0 Å². The van der Waals surface area contributed by atoms with Crippen molar-refractivity contribution >= 4 is 14.4 Å². The van der Waals surface area contributed by atoms with Crippen LogP contribution in [-0.2, 0) is 21.3 Å². The fourth-order valence-electron chi connectivity index (χ4n) is 4.39. The normalized spacial score (nSPS) is 16.7. The van der Waals surface area contributed by atoms with Gasteiger partial charge < -0.3 is 23.7 Å². The number of amides is 1. The summed E-state index contributed by atoms with van der Waals surface area (Å²) in [5.41, 5.74) is 0.769. The second-order valence-electron chi connectivity index (χ2n) is 12.7. The van der Waals surface area contributed by atoms with E-state index in [1.807, 2.05) is 31.5 Å². The third-order valence-electron chi connectivity index (χ3n) is 7.46. The zero-order valence-corrected chi connectivity index (χ0v) is 24.9. The molecule has 2 heterocycles. The van der Waals surface area contributed by atoms with Crippen molar-refractivity contribution in [1.29, 1.82) is 0 Å². The quantitative estimate of drug-likeness (QED) is 0.445. The minimum Gasteiger partial charge on any atom is -0.444 e. The average Bonchev–Trinajstić information content (AvgIpc) is 3.19. The van der Waals surface area contributed by atoms with Crippen LogP contribution >= 0.6 is 0 Å². The highest BCUT2D eigenvalue weighted by atomic mass is 28.4. The lowest BCUT2D eigenvalue weighted by atomic mass is 9.90. The van der Waals surface area contributed by atoms with Gasteiger partial charge in [0, 0.05) is 44.2 Å². The van der Waals surface area contributed by atoms with Crippen LogP contribution in [-0.4, -0.2) is 59.3 Å². The van der Waals surface area contributed by atoms with E-state index in [9.17, 15) is 14.3 Å². The number of imidazole rings is 1. The Bertz CT molecular complexity index is 1110. The van der Waals surface area contributed by atoms with E-state index in [1.54, 1.807) is 24.0 Å². The molecule has 1 fully saturated rings. The van der Waals surface area contributed by atoms with Gasteiger partial charge in [-0.05, 0) is 69.6 Å². The van der Waals surface area contributed by atoms with Crippen LogP contribution in [0.1, 0.15) is 65.8 Å². The summed E-state index contributed by atoms with van der Waals surface area (Å²) >= 11 is 0. The number of rotatable bonds is 6. The van der Waals surface area contributed by atoms with Crippen LogP contribution in [0.2, 0.25) is 18.1 Å². The Morgan fingerprint density at radius 3 is 2.30 bits per heavy atom. The van der Waals surface area contributed by atoms with E-state index >= 15 is 0 Å². The van der Waals surface area contributed by atoms with Gasteiger partial charge in [0.15, 0.2) is 8.32 Å². The number of hydrogen-bond acceptors (Lipinski definition) is 5. The molecule has 0 unspecified atom stereocenters. The first kappa shape index (κ1) is 29.3. The van der Waals surface area contributed by atoms with Gasteiger partial charge in [-0.15, -0.1) is 0 Å². The highest BCUT2D eigenvalue weighted by molar-refractivity contribution is 6.74. The molecule has 0 bridgehead atoms. The van der Waals surface area contributed by atoms with Gasteiger partial charge in [0.1, 0.15) is 22.8 Å². The Morgan fingerprint density at radius 1 is 1.16 bits per heavy atom. The molecule has 2 aromatic rings. The van der Waals surface area contributed by atoms with Crippen molar-refractivity contribution in [3.8, 4) is 11.3 Å². The van der Waals surface area contributed by atoms with Gasteiger partial charge in [0.25, 0.3) is 0 Å². The molecule has 9 heteroatoms.